The predicted octanol–water partition coefficient (Wildman–Crippen LogP) is 3.37. The van der Waals surface area contributed by atoms with E-state index < -0.39 is 11.9 Å². The minimum Gasteiger partial charge on any atom is -0.357 e. The average molecular weight is 224 g/mol. The van der Waals surface area contributed by atoms with Crippen LogP contribution in [-0.2, 0) is 6.18 Å². The van der Waals surface area contributed by atoms with E-state index in [2.05, 4.69) is 10.3 Å². The molecule has 0 amide bonds. The summed E-state index contributed by atoms with van der Waals surface area (Å²) in [6.07, 6.45) is -4.35. The Bertz CT molecular complexity index is 311. The summed E-state index contributed by atoms with van der Waals surface area (Å²) in [5, 5.41) is 4.19. The number of nitrogens with zero attached hydrogens (tertiary/aromatic N) is 1. The largest absolute Gasteiger partial charge is 0.434 e. The third-order valence-electron chi connectivity index (χ3n) is 1.28. The van der Waals surface area contributed by atoms with Crippen LogP contribution in [0.2, 0.25) is 0 Å². The van der Waals surface area contributed by atoms with Crippen molar-refractivity contribution < 1.29 is 13.2 Å². The van der Waals surface area contributed by atoms with Crippen molar-refractivity contribution >= 4 is 16.5 Å². The zero-order chi connectivity index (χ0) is 11.0. The van der Waals surface area contributed by atoms with Crippen molar-refractivity contribution in [1.82, 2.24) is 4.98 Å². The van der Waals surface area contributed by atoms with E-state index in [0.29, 0.717) is 5.13 Å². The number of aromatic nitrogens is 1. The molecule has 0 aliphatic rings. The number of halogens is 3. The molecule has 1 aromatic heterocycles. The molecule has 6 heteroatoms. The molecular weight excluding hydrogens is 213 g/mol. The smallest absolute Gasteiger partial charge is 0.357 e. The van der Waals surface area contributed by atoms with E-state index in [4.69, 9.17) is 0 Å². The molecule has 0 atom stereocenters. The first-order chi connectivity index (χ1) is 6.18. The Hall–Kier alpha value is -0.780. The predicted molar refractivity (Wildman–Crippen MR) is 50.5 cm³/mol. The summed E-state index contributed by atoms with van der Waals surface area (Å²) >= 11 is 0.961. The molecule has 2 nitrogen and oxygen atoms in total. The number of anilines is 1. The van der Waals surface area contributed by atoms with Gasteiger partial charge in [-0.25, -0.2) is 4.98 Å². The number of hydrogen-bond donors (Lipinski definition) is 1. The molecule has 0 aliphatic heterocycles. The van der Waals surface area contributed by atoms with Crippen LogP contribution in [-0.4, -0.2) is 10.5 Å². The van der Waals surface area contributed by atoms with Gasteiger partial charge in [-0.15, -0.1) is 11.3 Å². The van der Waals surface area contributed by atoms with Crippen LogP contribution < -0.4 is 5.32 Å². The van der Waals surface area contributed by atoms with Gasteiger partial charge < -0.3 is 5.32 Å². The second kappa shape index (κ2) is 3.42. The third kappa shape index (κ3) is 3.17. The highest BCUT2D eigenvalue weighted by molar-refractivity contribution is 7.13. The highest BCUT2D eigenvalue weighted by Gasteiger charge is 2.34. The van der Waals surface area contributed by atoms with Crippen LogP contribution in [0.4, 0.5) is 18.3 Å². The van der Waals surface area contributed by atoms with Gasteiger partial charge in [-0.2, -0.15) is 13.2 Å². The van der Waals surface area contributed by atoms with Crippen molar-refractivity contribution in [2.45, 2.75) is 32.5 Å². The molecule has 1 heterocycles. The molecule has 0 bridgehead atoms. The maximum atomic E-state index is 12.2. The van der Waals surface area contributed by atoms with Gasteiger partial charge in [0.15, 0.2) is 10.8 Å². The van der Waals surface area contributed by atoms with Gasteiger partial charge in [-0.1, -0.05) is 0 Å². The highest BCUT2D eigenvalue weighted by Crippen LogP contribution is 2.32. The molecule has 1 N–H and O–H groups in total. The first-order valence-electron chi connectivity index (χ1n) is 3.99. The maximum absolute atomic E-state index is 12.2. The topological polar surface area (TPSA) is 24.9 Å². The van der Waals surface area contributed by atoms with E-state index in [9.17, 15) is 13.2 Å². The van der Waals surface area contributed by atoms with Crippen molar-refractivity contribution in [2.24, 2.45) is 0 Å². The zero-order valence-electron chi connectivity index (χ0n) is 8.07. The summed E-state index contributed by atoms with van der Waals surface area (Å²) in [5.41, 5.74) is -1.12. The van der Waals surface area contributed by atoms with Crippen LogP contribution in [0.5, 0.6) is 0 Å². The van der Waals surface area contributed by atoms with Crippen LogP contribution in [0.1, 0.15) is 26.5 Å². The molecule has 80 valence electrons. The lowest BCUT2D eigenvalue weighted by Gasteiger charge is -2.19. The number of alkyl halides is 3. The quantitative estimate of drug-likeness (QED) is 0.791. The molecule has 14 heavy (non-hydrogen) atoms. The lowest BCUT2D eigenvalue weighted by Crippen LogP contribution is -2.26. The molecule has 1 rings (SSSR count). The van der Waals surface area contributed by atoms with Gasteiger partial charge >= 0.3 is 6.18 Å². The Kier molecular flexibility index (Phi) is 2.76. The maximum Gasteiger partial charge on any atom is 0.434 e. The molecular formula is C8H11F3N2S. The van der Waals surface area contributed by atoms with E-state index in [1.54, 1.807) is 0 Å². The summed E-state index contributed by atoms with van der Waals surface area (Å²) in [5.74, 6) is 0. The van der Waals surface area contributed by atoms with Crippen LogP contribution in [0.3, 0.4) is 0 Å². The van der Waals surface area contributed by atoms with Crippen molar-refractivity contribution in [2.75, 3.05) is 5.32 Å². The molecule has 0 radical (unpaired) electrons. The van der Waals surface area contributed by atoms with Crippen LogP contribution in [0, 0.1) is 0 Å². The normalized spacial score (nSPS) is 13.0. The van der Waals surface area contributed by atoms with Crippen molar-refractivity contribution in [3.05, 3.63) is 11.1 Å². The van der Waals surface area contributed by atoms with E-state index >= 15 is 0 Å². The van der Waals surface area contributed by atoms with Gasteiger partial charge in [0, 0.05) is 10.9 Å². The molecule has 0 aliphatic carbocycles. The van der Waals surface area contributed by atoms with Gasteiger partial charge in [0.25, 0.3) is 0 Å². The van der Waals surface area contributed by atoms with Crippen molar-refractivity contribution in [3.8, 4) is 0 Å². The highest BCUT2D eigenvalue weighted by atomic mass is 32.1. The Morgan fingerprint density at radius 3 is 2.21 bits per heavy atom. The van der Waals surface area contributed by atoms with Crippen LogP contribution >= 0.6 is 11.3 Å². The molecule has 0 aromatic carbocycles. The van der Waals surface area contributed by atoms with Crippen LogP contribution in [0.25, 0.3) is 0 Å². The second-order valence-corrected chi connectivity index (χ2v) is 4.77. The number of hydrogen-bond acceptors (Lipinski definition) is 3. The number of nitrogens with one attached hydrogen (secondary N) is 1. The minimum atomic E-state index is -4.35. The SMILES string of the molecule is CC(C)(C)Nc1nc(C(F)(F)F)cs1. The summed E-state index contributed by atoms with van der Waals surface area (Å²) in [4.78, 5) is 3.45. The Balaban J connectivity index is 2.79. The summed E-state index contributed by atoms with van der Waals surface area (Å²) < 4.78 is 36.5. The summed E-state index contributed by atoms with van der Waals surface area (Å²) in [7, 11) is 0. The Labute approximate surface area is 84.2 Å². The molecule has 1 aromatic rings. The van der Waals surface area contributed by atoms with E-state index in [0.717, 1.165) is 16.7 Å². The average Bonchev–Trinajstić information content (AvgIpc) is 2.29. The molecule has 0 unspecified atom stereocenters. The standard InChI is InChI=1S/C8H11F3N2S/c1-7(2,3)13-6-12-5(4-14-6)8(9,10)11/h4H,1-3H3,(H,12,13). The van der Waals surface area contributed by atoms with Gasteiger partial charge in [0.1, 0.15) is 0 Å². The fourth-order valence-electron chi connectivity index (χ4n) is 0.782. The molecule has 0 spiro atoms. The van der Waals surface area contributed by atoms with Crippen molar-refractivity contribution in [3.63, 3.8) is 0 Å². The van der Waals surface area contributed by atoms with Crippen molar-refractivity contribution in [1.29, 1.82) is 0 Å². The first-order valence-corrected chi connectivity index (χ1v) is 4.87. The third-order valence-corrected chi connectivity index (χ3v) is 2.03. The summed E-state index contributed by atoms with van der Waals surface area (Å²) in [6, 6.07) is 0. The van der Waals surface area contributed by atoms with Crippen LogP contribution in [0.15, 0.2) is 5.38 Å². The zero-order valence-corrected chi connectivity index (χ0v) is 8.88. The fourth-order valence-corrected chi connectivity index (χ4v) is 1.71. The minimum absolute atomic E-state index is 0.277. The Morgan fingerprint density at radius 2 is 1.86 bits per heavy atom. The van der Waals surface area contributed by atoms with Gasteiger partial charge in [0.2, 0.25) is 0 Å². The van der Waals surface area contributed by atoms with Gasteiger partial charge in [-0.3, -0.25) is 0 Å². The lowest BCUT2D eigenvalue weighted by atomic mass is 10.1. The molecule has 0 fully saturated rings. The second-order valence-electron chi connectivity index (χ2n) is 3.91. The molecule has 0 saturated carbocycles. The fraction of sp³-hybridized carbons (Fsp3) is 0.625. The Morgan fingerprint density at radius 1 is 1.29 bits per heavy atom. The van der Waals surface area contributed by atoms with E-state index in [-0.39, 0.29) is 5.54 Å². The lowest BCUT2D eigenvalue weighted by molar-refractivity contribution is -0.140. The van der Waals surface area contributed by atoms with E-state index in [1.807, 2.05) is 20.8 Å². The number of thiazole rings is 1. The number of rotatable bonds is 1. The molecule has 0 saturated heterocycles. The van der Waals surface area contributed by atoms with E-state index in [1.165, 1.54) is 0 Å². The summed E-state index contributed by atoms with van der Waals surface area (Å²) in [6.45, 7) is 5.59. The first kappa shape index (κ1) is 11.3. The monoisotopic (exact) mass is 224 g/mol. The van der Waals surface area contributed by atoms with Gasteiger partial charge in [0.05, 0.1) is 0 Å². The van der Waals surface area contributed by atoms with Gasteiger partial charge in [-0.05, 0) is 20.8 Å².